The van der Waals surface area contributed by atoms with E-state index in [1.165, 1.54) is 10.9 Å². The zero-order chi connectivity index (χ0) is 6.97. The number of aromatic nitrogens is 1. The number of aryl methyl sites for hydroxylation is 1. The van der Waals surface area contributed by atoms with Crippen molar-refractivity contribution in [3.05, 3.63) is 36.5 Å². The first kappa shape index (κ1) is 8.96. The van der Waals surface area contributed by atoms with Crippen molar-refractivity contribution in [1.29, 1.82) is 0 Å². The first-order chi connectivity index (χ1) is 4.88. The molecule has 0 bridgehead atoms. The topological polar surface area (TPSA) is 4.93 Å². The Morgan fingerprint density at radius 3 is 2.73 bits per heavy atom. The normalized spacial score (nSPS) is 9.55. The Morgan fingerprint density at radius 1 is 1.27 bits per heavy atom. The molecule has 2 rings (SSSR count). The number of hydrogen-bond donors (Lipinski definition) is 0. The van der Waals surface area contributed by atoms with Crippen molar-refractivity contribution in [2.24, 2.45) is 7.05 Å². The Balaban J connectivity index is 0.000000605. The Bertz CT molecular complexity index is 351. The van der Waals surface area contributed by atoms with Gasteiger partial charge in [0.25, 0.3) is 0 Å². The maximum Gasteiger partial charge on any atom is 0 e. The summed E-state index contributed by atoms with van der Waals surface area (Å²) in [4.78, 5) is 0. The van der Waals surface area contributed by atoms with Crippen LogP contribution >= 0.6 is 0 Å². The third-order valence-corrected chi connectivity index (χ3v) is 1.70. The Hall–Kier alpha value is -0.136. The molecule has 0 saturated heterocycles. The van der Waals surface area contributed by atoms with Crippen molar-refractivity contribution in [1.82, 2.24) is 4.57 Å². The SMILES string of the molecule is Cn1c[c-]c2ccccc21.[Y]. The molecule has 1 nitrogen and oxygen atoms in total. The molecule has 2 heteroatoms. The van der Waals surface area contributed by atoms with Crippen LogP contribution in [0.3, 0.4) is 0 Å². The molecule has 0 atom stereocenters. The van der Waals surface area contributed by atoms with Gasteiger partial charge in [-0.05, 0) is 7.05 Å². The molecule has 0 amide bonds. The van der Waals surface area contributed by atoms with Gasteiger partial charge in [0.2, 0.25) is 0 Å². The Kier molecular flexibility index (Phi) is 2.86. The van der Waals surface area contributed by atoms with Gasteiger partial charge in [0.05, 0.1) is 0 Å². The van der Waals surface area contributed by atoms with Gasteiger partial charge in [-0.2, -0.15) is 17.5 Å². The predicted molar refractivity (Wildman–Crippen MR) is 41.8 cm³/mol. The van der Waals surface area contributed by atoms with Gasteiger partial charge in [0.1, 0.15) is 0 Å². The maximum atomic E-state index is 3.15. The zero-order valence-corrected chi connectivity index (χ0v) is 9.25. The van der Waals surface area contributed by atoms with Crippen LogP contribution in [0.15, 0.2) is 30.5 Å². The van der Waals surface area contributed by atoms with E-state index in [1.54, 1.807) is 0 Å². The van der Waals surface area contributed by atoms with Crippen molar-refractivity contribution >= 4 is 10.9 Å². The number of para-hydroxylation sites is 1. The Morgan fingerprint density at radius 2 is 2.00 bits per heavy atom. The standard InChI is InChI=1S/C9H8N.Y/c1-10-7-6-8-4-2-3-5-9(8)10;/h2-5,7H,1H3;/q-1;. The second kappa shape index (κ2) is 3.51. The van der Waals surface area contributed by atoms with Crippen LogP contribution in [0.4, 0.5) is 0 Å². The van der Waals surface area contributed by atoms with E-state index >= 15 is 0 Å². The minimum atomic E-state index is 0. The van der Waals surface area contributed by atoms with Crippen molar-refractivity contribution in [2.75, 3.05) is 0 Å². The van der Waals surface area contributed by atoms with Crippen molar-refractivity contribution < 1.29 is 32.7 Å². The van der Waals surface area contributed by atoms with E-state index in [-0.39, 0.29) is 32.7 Å². The van der Waals surface area contributed by atoms with E-state index in [0.717, 1.165) is 0 Å². The molecule has 2 aromatic rings. The molecule has 1 radical (unpaired) electrons. The molecule has 0 aliphatic heterocycles. The monoisotopic (exact) mass is 219 g/mol. The van der Waals surface area contributed by atoms with Crippen LogP contribution in [0, 0.1) is 6.07 Å². The first-order valence-electron chi connectivity index (χ1n) is 3.30. The Labute approximate surface area is 91.3 Å². The van der Waals surface area contributed by atoms with Gasteiger partial charge in [-0.1, -0.05) is 23.8 Å². The van der Waals surface area contributed by atoms with Gasteiger partial charge in [0.15, 0.2) is 0 Å². The third kappa shape index (κ3) is 1.55. The minimum absolute atomic E-state index is 0. The summed E-state index contributed by atoms with van der Waals surface area (Å²) >= 11 is 0. The van der Waals surface area contributed by atoms with Crippen LogP contribution < -0.4 is 0 Å². The molecule has 1 aromatic carbocycles. The largest absolute Gasteiger partial charge is 0.414 e. The smallest absolute Gasteiger partial charge is 0 e. The molecular weight excluding hydrogens is 211 g/mol. The van der Waals surface area contributed by atoms with E-state index in [4.69, 9.17) is 0 Å². The first-order valence-corrected chi connectivity index (χ1v) is 3.30. The second-order valence-electron chi connectivity index (χ2n) is 2.40. The molecule has 0 saturated carbocycles. The number of nitrogens with zero attached hydrogens (tertiary/aromatic N) is 1. The van der Waals surface area contributed by atoms with E-state index in [0.29, 0.717) is 0 Å². The van der Waals surface area contributed by atoms with Gasteiger partial charge in [-0.3, -0.25) is 0 Å². The summed E-state index contributed by atoms with van der Waals surface area (Å²) in [6.07, 6.45) is 1.95. The minimum Gasteiger partial charge on any atom is -0.414 e. The van der Waals surface area contributed by atoms with Gasteiger partial charge < -0.3 is 4.57 Å². The summed E-state index contributed by atoms with van der Waals surface area (Å²) in [6.45, 7) is 0. The van der Waals surface area contributed by atoms with Crippen LogP contribution in [0.25, 0.3) is 10.9 Å². The average Bonchev–Trinajstić information content (AvgIpc) is 2.34. The fourth-order valence-electron chi connectivity index (χ4n) is 1.14. The van der Waals surface area contributed by atoms with Crippen LogP contribution in [-0.4, -0.2) is 4.57 Å². The number of fused-ring (bicyclic) bond motifs is 1. The van der Waals surface area contributed by atoms with E-state index in [1.807, 2.05) is 25.4 Å². The van der Waals surface area contributed by atoms with Gasteiger partial charge in [0, 0.05) is 32.7 Å². The molecule has 53 valence electrons. The van der Waals surface area contributed by atoms with E-state index < -0.39 is 0 Å². The summed E-state index contributed by atoms with van der Waals surface area (Å²) in [7, 11) is 2.03. The van der Waals surface area contributed by atoms with Crippen LogP contribution in [-0.2, 0) is 39.8 Å². The zero-order valence-electron chi connectivity index (χ0n) is 6.41. The molecule has 0 unspecified atom stereocenters. The molecular formula is C9H8NY-. The molecule has 0 aliphatic rings. The summed E-state index contributed by atoms with van der Waals surface area (Å²) < 4.78 is 2.06. The number of hydrogen-bond acceptors (Lipinski definition) is 0. The summed E-state index contributed by atoms with van der Waals surface area (Å²) in [5.41, 5.74) is 1.24. The van der Waals surface area contributed by atoms with Gasteiger partial charge in [-0.15, -0.1) is 6.07 Å². The molecule has 11 heavy (non-hydrogen) atoms. The fourth-order valence-corrected chi connectivity index (χ4v) is 1.14. The van der Waals surface area contributed by atoms with Crippen molar-refractivity contribution in [3.8, 4) is 0 Å². The predicted octanol–water partition coefficient (Wildman–Crippen LogP) is 1.98. The van der Waals surface area contributed by atoms with Gasteiger partial charge in [-0.25, -0.2) is 0 Å². The molecule has 1 heterocycles. The van der Waals surface area contributed by atoms with Crippen molar-refractivity contribution in [2.45, 2.75) is 0 Å². The van der Waals surface area contributed by atoms with Crippen molar-refractivity contribution in [3.63, 3.8) is 0 Å². The fraction of sp³-hybridized carbons (Fsp3) is 0.111. The second-order valence-corrected chi connectivity index (χ2v) is 2.40. The third-order valence-electron chi connectivity index (χ3n) is 1.70. The summed E-state index contributed by atoms with van der Waals surface area (Å²) in [5.74, 6) is 0. The summed E-state index contributed by atoms with van der Waals surface area (Å²) in [5, 5.41) is 1.19. The molecule has 1 aromatic heterocycles. The number of rotatable bonds is 0. The van der Waals surface area contributed by atoms with E-state index in [2.05, 4.69) is 22.8 Å². The summed E-state index contributed by atoms with van der Waals surface area (Å²) in [6, 6.07) is 11.4. The average molecular weight is 219 g/mol. The molecule has 0 aliphatic carbocycles. The quantitative estimate of drug-likeness (QED) is 0.597. The maximum absolute atomic E-state index is 3.15. The molecule has 0 spiro atoms. The molecule has 0 N–H and O–H groups in total. The van der Waals surface area contributed by atoms with E-state index in [9.17, 15) is 0 Å². The molecule has 0 fully saturated rings. The number of benzene rings is 1. The van der Waals surface area contributed by atoms with Crippen LogP contribution in [0.2, 0.25) is 0 Å². The van der Waals surface area contributed by atoms with Crippen LogP contribution in [0.1, 0.15) is 0 Å². The van der Waals surface area contributed by atoms with Gasteiger partial charge >= 0.3 is 0 Å². The van der Waals surface area contributed by atoms with Crippen LogP contribution in [0.5, 0.6) is 0 Å².